The van der Waals surface area contributed by atoms with Crippen LogP contribution in [0.25, 0.3) is 11.1 Å². The van der Waals surface area contributed by atoms with Gasteiger partial charge in [0.2, 0.25) is 0 Å². The summed E-state index contributed by atoms with van der Waals surface area (Å²) in [6, 6.07) is 11.5. The van der Waals surface area contributed by atoms with Crippen LogP contribution in [-0.4, -0.2) is 47.7 Å². The number of rotatable bonds is 4. The number of para-hydroxylation sites is 2. The standard InChI is InChI=1S/C19H19F2N3O2/c20-13-5-6-14(15(21)11-13)17(25)12-23-7-9-24(10-8-23)19-22-16-3-1-2-4-18(16)26-19/h1-6,11,17,25H,7-10,12H2. The first-order valence-electron chi connectivity index (χ1n) is 8.56. The third-order valence-corrected chi connectivity index (χ3v) is 4.68. The molecule has 5 nitrogen and oxygen atoms in total. The third-order valence-electron chi connectivity index (χ3n) is 4.68. The Bertz CT molecular complexity index is 874. The summed E-state index contributed by atoms with van der Waals surface area (Å²) in [7, 11) is 0. The Morgan fingerprint density at radius 2 is 1.85 bits per heavy atom. The molecule has 4 rings (SSSR count). The molecule has 1 saturated heterocycles. The van der Waals surface area contributed by atoms with E-state index in [1.54, 1.807) is 0 Å². The Balaban J connectivity index is 1.37. The molecule has 2 aromatic carbocycles. The zero-order valence-corrected chi connectivity index (χ0v) is 14.1. The van der Waals surface area contributed by atoms with Gasteiger partial charge in [0.25, 0.3) is 6.01 Å². The first-order valence-corrected chi connectivity index (χ1v) is 8.56. The molecule has 1 aliphatic heterocycles. The summed E-state index contributed by atoms with van der Waals surface area (Å²) in [5.74, 6) is -1.37. The highest BCUT2D eigenvalue weighted by atomic mass is 19.1. The fraction of sp³-hybridized carbons (Fsp3) is 0.316. The van der Waals surface area contributed by atoms with Gasteiger partial charge in [0, 0.05) is 44.4 Å². The topological polar surface area (TPSA) is 52.7 Å². The molecule has 1 aromatic heterocycles. The number of aromatic nitrogens is 1. The Hall–Kier alpha value is -2.51. The predicted octanol–water partition coefficient (Wildman–Crippen LogP) is 2.96. The molecule has 1 atom stereocenters. The smallest absolute Gasteiger partial charge is 0.298 e. The second-order valence-corrected chi connectivity index (χ2v) is 6.43. The second kappa shape index (κ2) is 7.01. The van der Waals surface area contributed by atoms with E-state index in [9.17, 15) is 13.9 Å². The van der Waals surface area contributed by atoms with Crippen LogP contribution in [0.4, 0.5) is 14.8 Å². The van der Waals surface area contributed by atoms with E-state index in [0.717, 1.165) is 23.2 Å². The minimum atomic E-state index is -0.994. The summed E-state index contributed by atoms with van der Waals surface area (Å²) in [5.41, 5.74) is 1.70. The van der Waals surface area contributed by atoms with Crippen molar-refractivity contribution in [3.63, 3.8) is 0 Å². The molecule has 7 heteroatoms. The summed E-state index contributed by atoms with van der Waals surface area (Å²) in [4.78, 5) is 8.60. The average molecular weight is 359 g/mol. The van der Waals surface area contributed by atoms with Crippen molar-refractivity contribution in [3.05, 3.63) is 59.7 Å². The van der Waals surface area contributed by atoms with Crippen molar-refractivity contribution in [2.45, 2.75) is 6.10 Å². The van der Waals surface area contributed by atoms with Crippen LogP contribution in [0.5, 0.6) is 0 Å². The molecule has 1 fully saturated rings. The zero-order valence-electron chi connectivity index (χ0n) is 14.1. The number of β-amino-alcohol motifs (C(OH)–C–C–N with tert-alkyl or cyclic N) is 1. The average Bonchev–Trinajstić information content (AvgIpc) is 3.06. The molecule has 1 N–H and O–H groups in total. The Morgan fingerprint density at radius 3 is 2.58 bits per heavy atom. The molecule has 0 radical (unpaired) electrons. The van der Waals surface area contributed by atoms with E-state index in [-0.39, 0.29) is 5.56 Å². The predicted molar refractivity (Wildman–Crippen MR) is 94.0 cm³/mol. The first kappa shape index (κ1) is 16.9. The summed E-state index contributed by atoms with van der Waals surface area (Å²) in [6.07, 6.45) is -0.994. The molecule has 3 aromatic rings. The van der Waals surface area contributed by atoms with Crippen molar-refractivity contribution in [2.75, 3.05) is 37.6 Å². The van der Waals surface area contributed by atoms with E-state index in [1.807, 2.05) is 29.2 Å². The van der Waals surface area contributed by atoms with E-state index < -0.39 is 17.7 Å². The number of piperazine rings is 1. The van der Waals surface area contributed by atoms with Gasteiger partial charge in [-0.1, -0.05) is 18.2 Å². The van der Waals surface area contributed by atoms with Crippen LogP contribution in [0.3, 0.4) is 0 Å². The summed E-state index contributed by atoms with van der Waals surface area (Å²) < 4.78 is 32.6. The number of hydrogen-bond donors (Lipinski definition) is 1. The van der Waals surface area contributed by atoms with Crippen LogP contribution >= 0.6 is 0 Å². The maximum absolute atomic E-state index is 13.8. The minimum absolute atomic E-state index is 0.118. The first-order chi connectivity index (χ1) is 12.6. The highest BCUT2D eigenvalue weighted by molar-refractivity contribution is 5.74. The lowest BCUT2D eigenvalue weighted by Crippen LogP contribution is -2.47. The van der Waals surface area contributed by atoms with Crippen LogP contribution in [0.15, 0.2) is 46.9 Å². The molecule has 136 valence electrons. The highest BCUT2D eigenvalue weighted by Crippen LogP contribution is 2.24. The van der Waals surface area contributed by atoms with Crippen LogP contribution in [0.2, 0.25) is 0 Å². The molecular formula is C19H19F2N3O2. The number of aliphatic hydroxyl groups is 1. The molecule has 1 unspecified atom stereocenters. The number of fused-ring (bicyclic) bond motifs is 1. The lowest BCUT2D eigenvalue weighted by Gasteiger charge is -2.34. The van der Waals surface area contributed by atoms with E-state index in [0.29, 0.717) is 38.7 Å². The van der Waals surface area contributed by atoms with E-state index >= 15 is 0 Å². The fourth-order valence-corrected chi connectivity index (χ4v) is 3.23. The quantitative estimate of drug-likeness (QED) is 0.776. The number of halogens is 2. The number of anilines is 1. The lowest BCUT2D eigenvalue weighted by atomic mass is 10.1. The molecule has 0 aliphatic carbocycles. The lowest BCUT2D eigenvalue weighted by molar-refractivity contribution is 0.106. The summed E-state index contributed by atoms with van der Waals surface area (Å²) in [5, 5.41) is 10.3. The molecule has 26 heavy (non-hydrogen) atoms. The Kier molecular flexibility index (Phi) is 4.57. The van der Waals surface area contributed by atoms with Gasteiger partial charge in [0.1, 0.15) is 17.2 Å². The number of oxazole rings is 1. The van der Waals surface area contributed by atoms with Gasteiger partial charge in [-0.25, -0.2) is 8.78 Å². The second-order valence-electron chi connectivity index (χ2n) is 6.43. The van der Waals surface area contributed by atoms with Crippen molar-refractivity contribution in [3.8, 4) is 0 Å². The normalized spacial score (nSPS) is 17.0. The molecule has 0 saturated carbocycles. The van der Waals surface area contributed by atoms with E-state index in [2.05, 4.69) is 9.88 Å². The zero-order chi connectivity index (χ0) is 18.1. The molecule has 2 heterocycles. The van der Waals surface area contributed by atoms with Crippen molar-refractivity contribution in [1.82, 2.24) is 9.88 Å². The largest absolute Gasteiger partial charge is 0.423 e. The number of nitrogens with zero attached hydrogens (tertiary/aromatic N) is 3. The Labute approximate surface area is 149 Å². The maximum atomic E-state index is 13.8. The van der Waals surface area contributed by atoms with Gasteiger partial charge < -0.3 is 14.4 Å². The summed E-state index contributed by atoms with van der Waals surface area (Å²) in [6.45, 7) is 3.08. The number of benzene rings is 2. The SMILES string of the molecule is OC(CN1CCN(c2nc3ccccc3o2)CC1)c1ccc(F)cc1F. The van der Waals surface area contributed by atoms with Gasteiger partial charge in [0.15, 0.2) is 5.58 Å². The number of aliphatic hydroxyl groups excluding tert-OH is 1. The number of hydrogen-bond acceptors (Lipinski definition) is 5. The fourth-order valence-electron chi connectivity index (χ4n) is 3.23. The van der Waals surface area contributed by atoms with E-state index in [4.69, 9.17) is 4.42 Å². The van der Waals surface area contributed by atoms with Gasteiger partial charge in [-0.05, 0) is 18.2 Å². The van der Waals surface area contributed by atoms with Gasteiger partial charge in [-0.2, -0.15) is 4.98 Å². The molecule has 1 aliphatic rings. The minimum Gasteiger partial charge on any atom is -0.423 e. The van der Waals surface area contributed by atoms with Gasteiger partial charge >= 0.3 is 0 Å². The highest BCUT2D eigenvalue weighted by Gasteiger charge is 2.24. The molecule has 0 bridgehead atoms. The molecule has 0 amide bonds. The van der Waals surface area contributed by atoms with Crippen molar-refractivity contribution in [2.24, 2.45) is 0 Å². The van der Waals surface area contributed by atoms with Crippen molar-refractivity contribution < 1.29 is 18.3 Å². The maximum Gasteiger partial charge on any atom is 0.298 e. The van der Waals surface area contributed by atoms with Gasteiger partial charge in [-0.3, -0.25) is 4.90 Å². The van der Waals surface area contributed by atoms with Crippen LogP contribution in [0.1, 0.15) is 11.7 Å². The third kappa shape index (κ3) is 3.40. The molecule has 0 spiro atoms. The van der Waals surface area contributed by atoms with Crippen LogP contribution in [0, 0.1) is 11.6 Å². The van der Waals surface area contributed by atoms with Gasteiger partial charge in [0.05, 0.1) is 6.10 Å². The van der Waals surface area contributed by atoms with Gasteiger partial charge in [-0.15, -0.1) is 0 Å². The van der Waals surface area contributed by atoms with E-state index in [1.165, 1.54) is 6.07 Å². The molecular weight excluding hydrogens is 340 g/mol. The monoisotopic (exact) mass is 359 g/mol. The van der Waals surface area contributed by atoms with Crippen LogP contribution in [-0.2, 0) is 0 Å². The van der Waals surface area contributed by atoms with Crippen LogP contribution < -0.4 is 4.90 Å². The Morgan fingerprint density at radius 1 is 1.08 bits per heavy atom. The van der Waals surface area contributed by atoms with Crippen molar-refractivity contribution in [1.29, 1.82) is 0 Å². The summed E-state index contributed by atoms with van der Waals surface area (Å²) >= 11 is 0. The van der Waals surface area contributed by atoms with Crippen molar-refractivity contribution >= 4 is 17.1 Å².